The van der Waals surface area contributed by atoms with Gasteiger partial charge in [-0.3, -0.25) is 0 Å². The molecule has 1 N–H and O–H groups in total. The summed E-state index contributed by atoms with van der Waals surface area (Å²) in [7, 11) is 0. The first-order chi connectivity index (χ1) is 9.24. The van der Waals surface area contributed by atoms with E-state index in [1.165, 1.54) is 6.20 Å². The third-order valence-corrected chi connectivity index (χ3v) is 3.47. The van der Waals surface area contributed by atoms with Gasteiger partial charge in [0.15, 0.2) is 5.82 Å². The van der Waals surface area contributed by atoms with Crippen molar-refractivity contribution in [1.29, 1.82) is 0 Å². The Morgan fingerprint density at radius 3 is 2.84 bits per heavy atom. The number of aryl methyl sites for hydroxylation is 1. The van der Waals surface area contributed by atoms with Crippen molar-refractivity contribution < 1.29 is 4.39 Å². The maximum Gasteiger partial charge on any atom is 0.158 e. The molecule has 19 heavy (non-hydrogen) atoms. The molecular weight excluding hydrogens is 245 g/mol. The summed E-state index contributed by atoms with van der Waals surface area (Å²) in [4.78, 5) is 4.20. The Balaban J connectivity index is 2.03. The van der Waals surface area contributed by atoms with E-state index in [2.05, 4.69) is 20.6 Å². The zero-order chi connectivity index (χ0) is 13.2. The molecule has 0 aromatic carbocycles. The van der Waals surface area contributed by atoms with Crippen LogP contribution >= 0.6 is 0 Å². The maximum absolute atomic E-state index is 13.5. The molecule has 0 saturated carbocycles. The number of rotatable bonds is 2. The fourth-order valence-electron chi connectivity index (χ4n) is 2.52. The third-order valence-electron chi connectivity index (χ3n) is 3.47. The van der Waals surface area contributed by atoms with E-state index < -0.39 is 0 Å². The van der Waals surface area contributed by atoms with Gasteiger partial charge in [-0.25, -0.2) is 14.1 Å². The molecular formula is C13H16FN5. The highest BCUT2D eigenvalue weighted by molar-refractivity contribution is 5.36. The molecule has 3 heterocycles. The first-order valence-corrected chi connectivity index (χ1v) is 6.49. The Labute approximate surface area is 110 Å². The molecule has 1 aliphatic heterocycles. The maximum atomic E-state index is 13.5. The Hall–Kier alpha value is -1.82. The lowest BCUT2D eigenvalue weighted by Crippen LogP contribution is -2.27. The number of aromatic nitrogens is 4. The molecule has 1 aliphatic rings. The Morgan fingerprint density at radius 2 is 2.16 bits per heavy atom. The van der Waals surface area contributed by atoms with Crippen molar-refractivity contribution in [3.05, 3.63) is 35.5 Å². The largest absolute Gasteiger partial charge is 0.317 e. The summed E-state index contributed by atoms with van der Waals surface area (Å²) in [6.07, 6.45) is 5.03. The molecule has 0 spiro atoms. The van der Waals surface area contributed by atoms with Crippen molar-refractivity contribution in [3.8, 4) is 5.82 Å². The lowest BCUT2D eigenvalue weighted by atomic mass is 9.90. The number of piperidine rings is 1. The first kappa shape index (κ1) is 12.2. The minimum atomic E-state index is -0.297. The van der Waals surface area contributed by atoms with Crippen LogP contribution in [0.5, 0.6) is 0 Å². The molecule has 0 unspecified atom stereocenters. The molecule has 0 bridgehead atoms. The number of hydrogen-bond donors (Lipinski definition) is 1. The van der Waals surface area contributed by atoms with Crippen LogP contribution in [0, 0.1) is 12.7 Å². The summed E-state index contributed by atoms with van der Waals surface area (Å²) in [6, 6.07) is 1.58. The van der Waals surface area contributed by atoms with Crippen molar-refractivity contribution in [2.24, 2.45) is 0 Å². The summed E-state index contributed by atoms with van der Waals surface area (Å²) in [5.74, 6) is 0.715. The van der Waals surface area contributed by atoms with E-state index in [-0.39, 0.29) is 5.82 Å². The van der Waals surface area contributed by atoms with Gasteiger partial charge in [-0.1, -0.05) is 5.21 Å². The van der Waals surface area contributed by atoms with Crippen LogP contribution in [0.1, 0.15) is 30.0 Å². The van der Waals surface area contributed by atoms with E-state index in [9.17, 15) is 4.39 Å². The molecule has 3 rings (SSSR count). The van der Waals surface area contributed by atoms with Crippen molar-refractivity contribution in [3.63, 3.8) is 0 Å². The number of nitrogens with zero attached hydrogens (tertiary/aromatic N) is 4. The van der Waals surface area contributed by atoms with Crippen LogP contribution in [0.2, 0.25) is 0 Å². The molecule has 1 saturated heterocycles. The summed E-state index contributed by atoms with van der Waals surface area (Å²) in [5.41, 5.74) is 1.74. The second-order valence-electron chi connectivity index (χ2n) is 4.90. The highest BCUT2D eigenvalue weighted by atomic mass is 19.1. The van der Waals surface area contributed by atoms with Gasteiger partial charge in [0.2, 0.25) is 0 Å². The molecule has 5 nitrogen and oxygen atoms in total. The number of hydrogen-bond acceptors (Lipinski definition) is 4. The van der Waals surface area contributed by atoms with Gasteiger partial charge in [-0.05, 0) is 44.8 Å². The average molecular weight is 261 g/mol. The van der Waals surface area contributed by atoms with Gasteiger partial charge in [0.1, 0.15) is 5.82 Å². The van der Waals surface area contributed by atoms with E-state index in [1.54, 1.807) is 10.7 Å². The normalized spacial score (nSPS) is 16.7. The lowest BCUT2D eigenvalue weighted by Gasteiger charge is -2.24. The molecule has 0 amide bonds. The second kappa shape index (κ2) is 5.05. The van der Waals surface area contributed by atoms with Crippen LogP contribution in [-0.4, -0.2) is 33.1 Å². The van der Waals surface area contributed by atoms with Crippen LogP contribution in [0.3, 0.4) is 0 Å². The summed E-state index contributed by atoms with van der Waals surface area (Å²) >= 11 is 0. The van der Waals surface area contributed by atoms with Crippen LogP contribution in [0.4, 0.5) is 4.39 Å². The number of pyridine rings is 1. The molecule has 2 aromatic heterocycles. The molecule has 1 fully saturated rings. The van der Waals surface area contributed by atoms with Crippen LogP contribution in [-0.2, 0) is 0 Å². The minimum absolute atomic E-state index is 0.297. The lowest BCUT2D eigenvalue weighted by molar-refractivity contribution is 0.455. The fraction of sp³-hybridized carbons (Fsp3) is 0.462. The number of nitrogens with one attached hydrogen (secondary N) is 1. The van der Waals surface area contributed by atoms with Gasteiger partial charge in [0.05, 0.1) is 18.1 Å². The Kier molecular flexibility index (Phi) is 3.25. The van der Waals surface area contributed by atoms with Crippen LogP contribution in [0.15, 0.2) is 18.5 Å². The minimum Gasteiger partial charge on any atom is -0.317 e. The first-order valence-electron chi connectivity index (χ1n) is 6.49. The Bertz CT molecular complexity index is 574. The summed E-state index contributed by atoms with van der Waals surface area (Å²) in [6.45, 7) is 3.78. The van der Waals surface area contributed by atoms with Gasteiger partial charge in [0.25, 0.3) is 0 Å². The topological polar surface area (TPSA) is 55.6 Å². The zero-order valence-electron chi connectivity index (χ0n) is 10.8. The predicted molar refractivity (Wildman–Crippen MR) is 68.7 cm³/mol. The zero-order valence-corrected chi connectivity index (χ0v) is 10.8. The monoisotopic (exact) mass is 261 g/mol. The molecule has 0 aliphatic carbocycles. The van der Waals surface area contributed by atoms with E-state index in [4.69, 9.17) is 0 Å². The molecule has 100 valence electrons. The fourth-order valence-corrected chi connectivity index (χ4v) is 2.52. The van der Waals surface area contributed by atoms with Gasteiger partial charge in [-0.2, -0.15) is 0 Å². The van der Waals surface area contributed by atoms with E-state index in [0.717, 1.165) is 37.2 Å². The smallest absolute Gasteiger partial charge is 0.158 e. The van der Waals surface area contributed by atoms with Crippen molar-refractivity contribution in [2.45, 2.75) is 25.7 Å². The van der Waals surface area contributed by atoms with Gasteiger partial charge < -0.3 is 5.32 Å². The summed E-state index contributed by atoms with van der Waals surface area (Å²) < 4.78 is 15.1. The molecule has 0 atom stereocenters. The second-order valence-corrected chi connectivity index (χ2v) is 4.90. The van der Waals surface area contributed by atoms with Gasteiger partial charge in [0, 0.05) is 5.56 Å². The molecule has 0 radical (unpaired) electrons. The highest BCUT2D eigenvalue weighted by Gasteiger charge is 2.21. The quantitative estimate of drug-likeness (QED) is 0.891. The van der Waals surface area contributed by atoms with Gasteiger partial charge >= 0.3 is 0 Å². The molecule has 2 aromatic rings. The SMILES string of the molecule is Cc1cn(-c2ncc(F)cc2C2CCNCC2)nn1. The van der Waals surface area contributed by atoms with Crippen molar-refractivity contribution >= 4 is 0 Å². The number of halogens is 1. The summed E-state index contributed by atoms with van der Waals surface area (Å²) in [5, 5.41) is 11.3. The highest BCUT2D eigenvalue weighted by Crippen LogP contribution is 2.29. The van der Waals surface area contributed by atoms with Crippen LogP contribution < -0.4 is 5.32 Å². The third kappa shape index (κ3) is 2.49. The molecule has 6 heteroatoms. The predicted octanol–water partition coefficient (Wildman–Crippen LogP) is 1.58. The van der Waals surface area contributed by atoms with Gasteiger partial charge in [-0.15, -0.1) is 5.10 Å². The average Bonchev–Trinajstić information content (AvgIpc) is 2.86. The van der Waals surface area contributed by atoms with Crippen LogP contribution in [0.25, 0.3) is 5.82 Å². The standard InChI is InChI=1S/C13H16FN5/c1-9-8-19(18-17-9)13-12(6-11(14)7-16-13)10-2-4-15-5-3-10/h6-8,10,15H,2-5H2,1H3. The Morgan fingerprint density at radius 1 is 1.37 bits per heavy atom. The van der Waals surface area contributed by atoms with E-state index >= 15 is 0 Å². The van der Waals surface area contributed by atoms with Crippen molar-refractivity contribution in [2.75, 3.05) is 13.1 Å². The van der Waals surface area contributed by atoms with Crippen molar-refractivity contribution in [1.82, 2.24) is 25.3 Å². The van der Waals surface area contributed by atoms with E-state index in [1.807, 2.05) is 13.1 Å². The van der Waals surface area contributed by atoms with E-state index in [0.29, 0.717) is 11.7 Å².